The summed E-state index contributed by atoms with van der Waals surface area (Å²) >= 11 is 1.87. The van der Waals surface area contributed by atoms with Gasteiger partial charge in [0, 0.05) is 69.8 Å². The summed E-state index contributed by atoms with van der Waals surface area (Å²) in [5.41, 5.74) is 22.2. The molecule has 3 nitrogen and oxygen atoms in total. The van der Waals surface area contributed by atoms with Crippen LogP contribution in [-0.4, -0.2) is 6.71 Å². The normalized spacial score (nSPS) is 18.2. The van der Waals surface area contributed by atoms with E-state index in [1.165, 1.54) is 70.0 Å². The number of hydrogen-bond donors (Lipinski definition) is 0. The van der Waals surface area contributed by atoms with Crippen LogP contribution >= 0.6 is 11.3 Å². The first kappa shape index (κ1) is 45.6. The van der Waals surface area contributed by atoms with Crippen LogP contribution in [0, 0.1) is 20.7 Å². The van der Waals surface area contributed by atoms with Crippen molar-refractivity contribution in [2.75, 3.05) is 14.7 Å². The van der Waals surface area contributed by atoms with E-state index in [0.717, 1.165) is 82.3 Å². The number of fused-ring (bicyclic) bond motifs is 9. The number of rotatable bonds is 5. The molecule has 0 fully saturated rings. The molecule has 0 bridgehead atoms. The second-order valence-corrected chi connectivity index (χ2v) is 27.6. The highest BCUT2D eigenvalue weighted by Crippen LogP contribution is 2.55. The van der Waals surface area contributed by atoms with E-state index in [2.05, 4.69) is 238 Å². The predicted molar refractivity (Wildman–Crippen MR) is 332 cm³/mol. The van der Waals surface area contributed by atoms with Crippen molar-refractivity contribution in [3.8, 4) is 0 Å². The first-order chi connectivity index (χ1) is 37.2. The van der Waals surface area contributed by atoms with Gasteiger partial charge in [0.15, 0.2) is 0 Å². The van der Waals surface area contributed by atoms with Crippen molar-refractivity contribution >= 4 is 106 Å². The van der Waals surface area contributed by atoms with Crippen molar-refractivity contribution in [1.29, 1.82) is 0 Å². The standard InChI is InChI=1S/C71H74BN3S/c1-43-37-61-65-62(38-43)75(58-32-30-50(67(4,5)6)66-64(58)48-23-17-20-26-63(48)76-66)59-40-47(73(56-24-18-15-21-44(56)2)57-25-19-16-22-45(57)3)28-31-54(59)72(65)55-41-52-53(71(13,14)36-35-70(52,11)12)42-60(55)74(61)46-27-29-49-51(39-46)69(9,10)34-33-68(49,7)8/h15-32,37-42H,33-36H2,1-14H3/i1D3. The molecule has 2 aliphatic carbocycles. The SMILES string of the molecule is [2H]C([2H])([2H])c1cc2c3c(c1)N(c1ccc(C(C)(C)C)c4sc5ccccc5c14)c1cc(N(c4ccccc4C)c4ccccc4C)ccc1B3c1cc3c(cc1N2c1ccc2c(c1)C(C)(C)CCC2(C)C)C(C)(C)CCC3(C)C. The highest BCUT2D eigenvalue weighted by atomic mass is 32.1. The molecule has 3 heterocycles. The molecule has 1 aromatic heterocycles. The van der Waals surface area contributed by atoms with Gasteiger partial charge in [-0.15, -0.1) is 11.3 Å². The second-order valence-electron chi connectivity index (χ2n) is 26.6. The van der Waals surface area contributed by atoms with Gasteiger partial charge in [-0.3, -0.25) is 0 Å². The molecule has 0 radical (unpaired) electrons. The van der Waals surface area contributed by atoms with Crippen LogP contribution in [0.5, 0.6) is 0 Å². The summed E-state index contributed by atoms with van der Waals surface area (Å²) in [7, 11) is 0. The molecule has 0 saturated carbocycles. The minimum Gasteiger partial charge on any atom is -0.311 e. The van der Waals surface area contributed by atoms with Crippen LogP contribution in [-0.2, 0) is 27.1 Å². The van der Waals surface area contributed by atoms with Crippen molar-refractivity contribution in [2.24, 2.45) is 0 Å². The Balaban J connectivity index is 1.20. The number of benzene rings is 8. The van der Waals surface area contributed by atoms with Gasteiger partial charge in [-0.1, -0.05) is 155 Å². The van der Waals surface area contributed by atoms with E-state index in [0.29, 0.717) is 5.56 Å². The van der Waals surface area contributed by atoms with Gasteiger partial charge in [0.25, 0.3) is 6.71 Å². The number of anilines is 9. The van der Waals surface area contributed by atoms with E-state index in [1.54, 1.807) is 0 Å². The molecule has 382 valence electrons. The zero-order valence-corrected chi connectivity index (χ0v) is 47.8. The molecule has 0 spiro atoms. The van der Waals surface area contributed by atoms with Gasteiger partial charge in [0.2, 0.25) is 0 Å². The van der Waals surface area contributed by atoms with E-state index in [4.69, 9.17) is 0 Å². The van der Waals surface area contributed by atoms with Gasteiger partial charge in [0.1, 0.15) is 0 Å². The average Bonchev–Trinajstić information content (AvgIpc) is 3.72. The highest BCUT2D eigenvalue weighted by molar-refractivity contribution is 7.26. The van der Waals surface area contributed by atoms with Gasteiger partial charge < -0.3 is 14.7 Å². The lowest BCUT2D eigenvalue weighted by molar-refractivity contribution is 0.332. The minimum absolute atomic E-state index is 0.0278. The van der Waals surface area contributed by atoms with E-state index < -0.39 is 6.85 Å². The van der Waals surface area contributed by atoms with E-state index in [-0.39, 0.29) is 33.8 Å². The Bertz CT molecular complexity index is 3970. The Morgan fingerprint density at radius 2 is 1.09 bits per heavy atom. The Hall–Kier alpha value is -6.56. The third kappa shape index (κ3) is 7.34. The summed E-state index contributed by atoms with van der Waals surface area (Å²) < 4.78 is 30.8. The molecule has 13 rings (SSSR count). The molecule has 5 heteroatoms. The fourth-order valence-corrected chi connectivity index (χ4v) is 15.5. The maximum absolute atomic E-state index is 9.43. The van der Waals surface area contributed by atoms with Crippen molar-refractivity contribution < 1.29 is 4.11 Å². The first-order valence-corrected chi connectivity index (χ1v) is 28.7. The number of thiophene rings is 1. The number of aryl methyl sites for hydroxylation is 3. The summed E-state index contributed by atoms with van der Waals surface area (Å²) in [4.78, 5) is 7.40. The zero-order valence-electron chi connectivity index (χ0n) is 50.0. The molecule has 8 aromatic carbocycles. The molecular weight excluding hydrogens is 938 g/mol. The molecule has 0 saturated heterocycles. The number of nitrogens with zero attached hydrogens (tertiary/aromatic N) is 3. The van der Waals surface area contributed by atoms with Crippen LogP contribution in [0.3, 0.4) is 0 Å². The van der Waals surface area contributed by atoms with E-state index in [9.17, 15) is 4.11 Å². The zero-order chi connectivity index (χ0) is 55.7. The lowest BCUT2D eigenvalue weighted by Crippen LogP contribution is -2.62. The molecule has 4 aliphatic rings. The molecule has 0 N–H and O–H groups in total. The van der Waals surface area contributed by atoms with Crippen LogP contribution in [0.4, 0.5) is 51.2 Å². The summed E-state index contributed by atoms with van der Waals surface area (Å²) in [5.74, 6) is 0. The van der Waals surface area contributed by atoms with Gasteiger partial charge in [-0.2, -0.15) is 0 Å². The highest BCUT2D eigenvalue weighted by Gasteiger charge is 2.48. The van der Waals surface area contributed by atoms with Crippen LogP contribution in [0.1, 0.15) is 150 Å². The van der Waals surface area contributed by atoms with Gasteiger partial charge in [-0.25, -0.2) is 0 Å². The Morgan fingerprint density at radius 1 is 0.526 bits per heavy atom. The molecule has 0 unspecified atom stereocenters. The quantitative estimate of drug-likeness (QED) is 0.159. The van der Waals surface area contributed by atoms with E-state index in [1.807, 2.05) is 23.5 Å². The van der Waals surface area contributed by atoms with Gasteiger partial charge in [0.05, 0.1) is 5.69 Å². The number of para-hydroxylation sites is 2. The fourth-order valence-electron chi connectivity index (χ4n) is 14.1. The Labute approximate surface area is 461 Å². The average molecular weight is 1020 g/mol. The summed E-state index contributed by atoms with van der Waals surface area (Å²) in [6.45, 7) is 28.0. The van der Waals surface area contributed by atoms with Crippen molar-refractivity contribution in [2.45, 2.75) is 150 Å². The van der Waals surface area contributed by atoms with Crippen LogP contribution in [0.15, 0.2) is 146 Å². The molecule has 9 aromatic rings. The van der Waals surface area contributed by atoms with E-state index >= 15 is 0 Å². The summed E-state index contributed by atoms with van der Waals surface area (Å²) in [5, 5.41) is 2.39. The second kappa shape index (κ2) is 16.7. The maximum atomic E-state index is 9.43. The third-order valence-electron chi connectivity index (χ3n) is 18.6. The van der Waals surface area contributed by atoms with Crippen LogP contribution < -0.4 is 31.1 Å². The molecule has 76 heavy (non-hydrogen) atoms. The minimum atomic E-state index is -2.42. The molecule has 2 aliphatic heterocycles. The van der Waals surface area contributed by atoms with Gasteiger partial charge in [-0.05, 0) is 201 Å². The summed E-state index contributed by atoms with van der Waals surface area (Å²) in [6, 6.07) is 54.6. The smallest absolute Gasteiger partial charge is 0.252 e. The van der Waals surface area contributed by atoms with Gasteiger partial charge >= 0.3 is 0 Å². The predicted octanol–water partition coefficient (Wildman–Crippen LogP) is 18.5. The molecular formula is C71H74BN3S. The van der Waals surface area contributed by atoms with Crippen molar-refractivity contribution in [3.05, 3.63) is 190 Å². The van der Waals surface area contributed by atoms with Crippen LogP contribution in [0.25, 0.3) is 20.2 Å². The fraction of sp³-hybridized carbons (Fsp3) is 0.324. The first-order valence-electron chi connectivity index (χ1n) is 29.4. The number of hydrogen-bond acceptors (Lipinski definition) is 4. The monoisotopic (exact) mass is 1010 g/mol. The Kier molecular flexibility index (Phi) is 10.0. The maximum Gasteiger partial charge on any atom is 0.252 e. The summed E-state index contributed by atoms with van der Waals surface area (Å²) in [6.07, 6.45) is 4.39. The Morgan fingerprint density at radius 3 is 1.72 bits per heavy atom. The molecule has 0 atom stereocenters. The van der Waals surface area contributed by atoms with Crippen molar-refractivity contribution in [3.63, 3.8) is 0 Å². The lowest BCUT2D eigenvalue weighted by Gasteiger charge is -2.48. The van der Waals surface area contributed by atoms with Crippen molar-refractivity contribution in [1.82, 2.24) is 0 Å². The van der Waals surface area contributed by atoms with Crippen LogP contribution in [0.2, 0.25) is 0 Å². The molecule has 0 amide bonds. The topological polar surface area (TPSA) is 9.72 Å². The third-order valence-corrected chi connectivity index (χ3v) is 19.8. The lowest BCUT2D eigenvalue weighted by atomic mass is 9.33. The largest absolute Gasteiger partial charge is 0.311 e.